The van der Waals surface area contributed by atoms with Crippen LogP contribution in [0.3, 0.4) is 0 Å². The predicted molar refractivity (Wildman–Crippen MR) is 145 cm³/mol. The number of likely N-dealkylation sites (N-methyl/N-ethyl adjacent to an activating group) is 1. The van der Waals surface area contributed by atoms with Crippen molar-refractivity contribution in [3.8, 4) is 17.0 Å². The Labute approximate surface area is 220 Å². The van der Waals surface area contributed by atoms with Crippen molar-refractivity contribution in [2.45, 2.75) is 19.9 Å². The van der Waals surface area contributed by atoms with E-state index in [4.69, 9.17) is 4.74 Å². The van der Waals surface area contributed by atoms with E-state index < -0.39 is 11.6 Å². The number of carbonyl (C=O) groups is 1. The first-order valence-electron chi connectivity index (χ1n) is 12.6. The molecule has 0 bridgehead atoms. The van der Waals surface area contributed by atoms with Gasteiger partial charge in [0.1, 0.15) is 17.3 Å². The first-order valence-corrected chi connectivity index (χ1v) is 12.6. The highest BCUT2D eigenvalue weighted by Gasteiger charge is 2.32. The molecular weight excluding hydrogens is 492 g/mol. The van der Waals surface area contributed by atoms with Crippen LogP contribution in [0.2, 0.25) is 0 Å². The molecule has 0 atom stereocenters. The molecule has 1 aromatic heterocycles. The van der Waals surface area contributed by atoms with E-state index in [-0.39, 0.29) is 35.7 Å². The van der Waals surface area contributed by atoms with Crippen molar-refractivity contribution in [1.82, 2.24) is 15.3 Å². The second kappa shape index (κ2) is 10.4. The predicted octanol–water partition coefficient (Wildman–Crippen LogP) is 3.77. The number of amides is 1. The summed E-state index contributed by atoms with van der Waals surface area (Å²) in [6, 6.07) is 8.33. The summed E-state index contributed by atoms with van der Waals surface area (Å²) in [5.74, 6) is -0.578. The van der Waals surface area contributed by atoms with Gasteiger partial charge in [-0.2, -0.15) is 0 Å². The monoisotopic (exact) mass is 523 g/mol. The maximum absolute atomic E-state index is 15.3. The maximum atomic E-state index is 15.3. The van der Waals surface area contributed by atoms with Crippen molar-refractivity contribution >= 4 is 34.6 Å². The summed E-state index contributed by atoms with van der Waals surface area (Å²) in [4.78, 5) is 26.5. The van der Waals surface area contributed by atoms with Gasteiger partial charge in [0.15, 0.2) is 5.82 Å². The number of rotatable bonds is 6. The molecule has 9 nitrogen and oxygen atoms in total. The van der Waals surface area contributed by atoms with Crippen LogP contribution in [0.4, 0.5) is 37.5 Å². The zero-order valence-corrected chi connectivity index (χ0v) is 21.9. The van der Waals surface area contributed by atoms with Crippen LogP contribution in [0.25, 0.3) is 11.3 Å². The van der Waals surface area contributed by atoms with E-state index >= 15 is 4.39 Å². The van der Waals surface area contributed by atoms with Gasteiger partial charge in [-0.3, -0.25) is 4.79 Å². The Morgan fingerprint density at radius 1 is 1.08 bits per heavy atom. The number of hydrogen-bond donors (Lipinski definition) is 2. The fourth-order valence-electron chi connectivity index (χ4n) is 5.02. The summed E-state index contributed by atoms with van der Waals surface area (Å²) >= 11 is 0. The normalized spacial score (nSPS) is 15.7. The number of carbonyl (C=O) groups excluding carboxylic acids is 1. The Hall–Kier alpha value is -3.99. The Balaban J connectivity index is 1.48. The third kappa shape index (κ3) is 4.81. The summed E-state index contributed by atoms with van der Waals surface area (Å²) in [6.45, 7) is 7.32. The first-order chi connectivity index (χ1) is 18.3. The van der Waals surface area contributed by atoms with Crippen LogP contribution in [-0.4, -0.2) is 68.8 Å². The lowest BCUT2D eigenvalue weighted by atomic mass is 10.0. The number of piperazine rings is 1. The second-order valence-electron chi connectivity index (χ2n) is 9.68. The van der Waals surface area contributed by atoms with Crippen LogP contribution >= 0.6 is 0 Å². The average molecular weight is 524 g/mol. The molecule has 1 amide bonds. The van der Waals surface area contributed by atoms with Gasteiger partial charge in [-0.15, -0.1) is 0 Å². The summed E-state index contributed by atoms with van der Waals surface area (Å²) in [6.07, 6.45) is 1.05. The van der Waals surface area contributed by atoms with Gasteiger partial charge in [0.05, 0.1) is 36.9 Å². The van der Waals surface area contributed by atoms with E-state index in [1.165, 1.54) is 11.0 Å². The number of ether oxygens (including phenoxy) is 1. The summed E-state index contributed by atoms with van der Waals surface area (Å²) in [5, 5.41) is 6.43. The van der Waals surface area contributed by atoms with Crippen molar-refractivity contribution in [2.75, 3.05) is 66.9 Å². The number of anilines is 5. The second-order valence-corrected chi connectivity index (χ2v) is 9.68. The quantitative estimate of drug-likeness (QED) is 0.505. The van der Waals surface area contributed by atoms with Crippen LogP contribution in [-0.2, 0) is 4.79 Å². The van der Waals surface area contributed by atoms with Crippen LogP contribution in [0, 0.1) is 11.6 Å². The zero-order chi connectivity index (χ0) is 27.0. The molecule has 11 heteroatoms. The van der Waals surface area contributed by atoms with Crippen LogP contribution in [0.5, 0.6) is 5.75 Å². The number of benzene rings is 2. The standard InChI is InChI=1S/C27H31F2N7O2/c1-16(2)36-22-12-17(11-19(28)26(22)34(3)15-24(36)37)25-20(29)14-31-27(33-25)32-18-5-6-21(23(13-18)38-4)35-9-7-30-8-10-35/h5-6,11-14,16,30H,7-10,15H2,1-4H3,(H,31,32,33). The van der Waals surface area contributed by atoms with Gasteiger partial charge >= 0.3 is 0 Å². The molecule has 3 aromatic rings. The van der Waals surface area contributed by atoms with Gasteiger partial charge in [-0.05, 0) is 38.1 Å². The van der Waals surface area contributed by atoms with Gasteiger partial charge in [0, 0.05) is 56.6 Å². The van der Waals surface area contributed by atoms with E-state index in [1.54, 1.807) is 25.1 Å². The SMILES string of the molecule is COc1cc(Nc2ncc(F)c(-c3cc(F)c4c(c3)N(C(C)C)C(=O)CN4C)n2)ccc1N1CCNCC1. The van der Waals surface area contributed by atoms with E-state index in [1.807, 2.05) is 32.0 Å². The third-order valence-electron chi connectivity index (χ3n) is 6.75. The highest BCUT2D eigenvalue weighted by Crippen LogP contribution is 2.40. The highest BCUT2D eigenvalue weighted by atomic mass is 19.1. The molecule has 0 spiro atoms. The van der Waals surface area contributed by atoms with Crippen molar-refractivity contribution in [2.24, 2.45) is 0 Å². The fraction of sp³-hybridized carbons (Fsp3) is 0.370. The number of methoxy groups -OCH3 is 1. The van der Waals surface area contributed by atoms with E-state index in [0.29, 0.717) is 22.8 Å². The minimum absolute atomic E-state index is 0.0638. The van der Waals surface area contributed by atoms with Gasteiger partial charge in [0.2, 0.25) is 11.9 Å². The van der Waals surface area contributed by atoms with E-state index in [2.05, 4.69) is 25.5 Å². The summed E-state index contributed by atoms with van der Waals surface area (Å²) in [7, 11) is 3.27. The van der Waals surface area contributed by atoms with E-state index in [0.717, 1.165) is 38.1 Å². The molecule has 200 valence electrons. The summed E-state index contributed by atoms with van der Waals surface area (Å²) < 4.78 is 35.9. The molecular formula is C27H31F2N7O2. The average Bonchev–Trinajstić information content (AvgIpc) is 2.89. The number of nitrogens with zero attached hydrogens (tertiary/aromatic N) is 5. The highest BCUT2D eigenvalue weighted by molar-refractivity contribution is 6.04. The van der Waals surface area contributed by atoms with Gasteiger partial charge in [-0.1, -0.05) is 0 Å². The molecule has 1 saturated heterocycles. The number of halogens is 2. The number of aromatic nitrogens is 2. The van der Waals surface area contributed by atoms with Gasteiger partial charge in [0.25, 0.3) is 0 Å². The smallest absolute Gasteiger partial charge is 0.246 e. The topological polar surface area (TPSA) is 85.9 Å². The molecule has 2 aliphatic heterocycles. The Morgan fingerprint density at radius 3 is 2.55 bits per heavy atom. The third-order valence-corrected chi connectivity index (χ3v) is 6.75. The molecule has 3 heterocycles. The Bertz CT molecular complexity index is 1360. The maximum Gasteiger partial charge on any atom is 0.246 e. The molecule has 5 rings (SSSR count). The molecule has 2 aliphatic rings. The lowest BCUT2D eigenvalue weighted by Crippen LogP contribution is -2.47. The van der Waals surface area contributed by atoms with Gasteiger partial charge in [-0.25, -0.2) is 18.7 Å². The minimum Gasteiger partial charge on any atom is -0.495 e. The lowest BCUT2D eigenvalue weighted by Gasteiger charge is -2.38. The molecule has 38 heavy (non-hydrogen) atoms. The zero-order valence-electron chi connectivity index (χ0n) is 21.9. The number of fused-ring (bicyclic) bond motifs is 1. The fourth-order valence-corrected chi connectivity index (χ4v) is 5.02. The minimum atomic E-state index is -0.701. The molecule has 0 saturated carbocycles. The summed E-state index contributed by atoms with van der Waals surface area (Å²) in [5.41, 5.74) is 2.47. The van der Waals surface area contributed by atoms with E-state index in [9.17, 15) is 9.18 Å². The largest absolute Gasteiger partial charge is 0.495 e. The van der Waals surface area contributed by atoms with Crippen molar-refractivity contribution in [1.29, 1.82) is 0 Å². The molecule has 0 aliphatic carbocycles. The Kier molecular flexibility index (Phi) is 7.02. The lowest BCUT2D eigenvalue weighted by molar-refractivity contribution is -0.117. The van der Waals surface area contributed by atoms with Crippen molar-refractivity contribution in [3.63, 3.8) is 0 Å². The number of nitrogens with one attached hydrogen (secondary N) is 2. The molecule has 1 fully saturated rings. The first kappa shape index (κ1) is 25.7. The van der Waals surface area contributed by atoms with Crippen molar-refractivity contribution < 1.29 is 18.3 Å². The molecule has 2 N–H and O–H groups in total. The van der Waals surface area contributed by atoms with Gasteiger partial charge < -0.3 is 30.1 Å². The Morgan fingerprint density at radius 2 is 1.84 bits per heavy atom. The van der Waals surface area contributed by atoms with Crippen LogP contribution in [0.15, 0.2) is 36.5 Å². The molecule has 0 radical (unpaired) electrons. The number of hydrogen-bond acceptors (Lipinski definition) is 8. The molecule has 2 aromatic carbocycles. The van der Waals surface area contributed by atoms with Crippen LogP contribution < -0.4 is 30.1 Å². The van der Waals surface area contributed by atoms with Crippen molar-refractivity contribution in [3.05, 3.63) is 48.2 Å². The molecule has 0 unspecified atom stereocenters. The van der Waals surface area contributed by atoms with Crippen LogP contribution in [0.1, 0.15) is 13.8 Å².